The van der Waals surface area contributed by atoms with E-state index in [2.05, 4.69) is 20.3 Å². The average Bonchev–Trinajstić information content (AvgIpc) is 3.50. The van der Waals surface area contributed by atoms with Crippen molar-refractivity contribution < 1.29 is 33.7 Å². The summed E-state index contributed by atoms with van der Waals surface area (Å²) in [5, 5.41) is 28.4. The summed E-state index contributed by atoms with van der Waals surface area (Å²) < 4.78 is 31.7. The van der Waals surface area contributed by atoms with Crippen LogP contribution >= 0.6 is 7.60 Å². The van der Waals surface area contributed by atoms with Crippen molar-refractivity contribution in [2.45, 2.75) is 95.3 Å². The van der Waals surface area contributed by atoms with E-state index in [-0.39, 0.29) is 30.8 Å². The van der Waals surface area contributed by atoms with Crippen molar-refractivity contribution in [2.75, 3.05) is 6.61 Å². The highest BCUT2D eigenvalue weighted by molar-refractivity contribution is 7.54. The monoisotopic (exact) mass is 543 g/mol. The second-order valence-electron chi connectivity index (χ2n) is 9.73. The van der Waals surface area contributed by atoms with Crippen LogP contribution in [0.4, 0.5) is 0 Å². The van der Waals surface area contributed by atoms with Crippen molar-refractivity contribution in [1.29, 1.82) is 0 Å². The minimum atomic E-state index is -4.19. The van der Waals surface area contributed by atoms with Crippen LogP contribution in [-0.2, 0) is 25.1 Å². The molecule has 2 fully saturated rings. The summed E-state index contributed by atoms with van der Waals surface area (Å²) in [5.74, 6) is 0. The van der Waals surface area contributed by atoms with Crippen molar-refractivity contribution in [3.05, 3.63) is 44.0 Å². The minimum absolute atomic E-state index is 0.0298. The van der Waals surface area contributed by atoms with Crippen LogP contribution in [0.3, 0.4) is 0 Å². The zero-order chi connectivity index (χ0) is 27.2. The highest BCUT2D eigenvalue weighted by Crippen LogP contribution is 2.67. The molecule has 0 bridgehead atoms. The van der Waals surface area contributed by atoms with Crippen LogP contribution in [0.15, 0.2) is 15.8 Å². The Hall–Kier alpha value is -2.19. The Morgan fingerprint density at radius 3 is 2.46 bits per heavy atom. The normalized spacial score (nSPS) is 29.4. The van der Waals surface area contributed by atoms with Gasteiger partial charge >= 0.3 is 13.3 Å². The predicted octanol–water partition coefficient (Wildman–Crippen LogP) is 0.461. The number of hydrogen-bond donors (Lipinski definition) is 5. The Labute approximate surface area is 212 Å². The molecule has 2 aliphatic heterocycles. The Kier molecular flexibility index (Phi) is 7.65. The lowest BCUT2D eigenvalue weighted by Crippen LogP contribution is -2.40. The average molecular weight is 544 g/mol. The molecule has 206 valence electrons. The summed E-state index contributed by atoms with van der Waals surface area (Å²) in [6.07, 6.45) is -2.76. The topological polar surface area (TPSA) is 205 Å². The van der Waals surface area contributed by atoms with Gasteiger partial charge in [-0.15, -0.1) is 5.10 Å². The molecule has 15 heteroatoms. The summed E-state index contributed by atoms with van der Waals surface area (Å²) >= 11 is 0. The number of aliphatic hydroxyl groups excluding tert-OH is 2. The van der Waals surface area contributed by atoms with E-state index in [4.69, 9.17) is 14.0 Å². The number of aromatic nitrogens is 5. The molecule has 0 amide bonds. The molecule has 0 saturated carbocycles. The zero-order valence-electron chi connectivity index (χ0n) is 21.2. The molecule has 4 rings (SSSR count). The summed E-state index contributed by atoms with van der Waals surface area (Å²) in [6.45, 7) is 7.13. The number of nitrogens with one attached hydrogen (secondary N) is 2. The van der Waals surface area contributed by atoms with Crippen LogP contribution < -0.4 is 11.2 Å². The van der Waals surface area contributed by atoms with Crippen LogP contribution in [0.5, 0.6) is 0 Å². The van der Waals surface area contributed by atoms with Gasteiger partial charge in [-0.05, 0) is 26.2 Å². The van der Waals surface area contributed by atoms with Crippen molar-refractivity contribution in [1.82, 2.24) is 25.0 Å². The molecule has 0 spiro atoms. The van der Waals surface area contributed by atoms with E-state index in [9.17, 15) is 29.3 Å². The Bertz CT molecular complexity index is 1280. The molecule has 2 aromatic rings. The standard InChI is InChI=1S/C22H34N5O9P/c1-5-21(6-2,36-37(32,33)22(7-3)11-34-22)8-14-16(28)17(29)18(35-14)15-13(23-20(31)24-19(15)30)10-27-9-12(4)25-26-27/h9,14,16-18,28-29H,5-8,10-11H2,1-4H3,(H,32,33)(H2,23,24,30,31). The smallest absolute Gasteiger partial charge is 0.362 e. The van der Waals surface area contributed by atoms with E-state index in [1.54, 1.807) is 33.9 Å². The third-order valence-corrected chi connectivity index (χ3v) is 9.64. The fourth-order valence-electron chi connectivity index (χ4n) is 4.83. The Morgan fingerprint density at radius 1 is 1.24 bits per heavy atom. The van der Waals surface area contributed by atoms with E-state index in [0.29, 0.717) is 25.0 Å². The highest BCUT2D eigenvalue weighted by Gasteiger charge is 2.62. The van der Waals surface area contributed by atoms with Gasteiger partial charge in [0.05, 0.1) is 41.8 Å². The fraction of sp³-hybridized carbons (Fsp3) is 0.727. The molecule has 0 aliphatic carbocycles. The van der Waals surface area contributed by atoms with Gasteiger partial charge < -0.3 is 29.6 Å². The maximum atomic E-state index is 13.1. The maximum absolute atomic E-state index is 13.1. The van der Waals surface area contributed by atoms with Crippen LogP contribution in [-0.4, -0.2) is 75.9 Å². The number of nitrogens with zero attached hydrogens (tertiary/aromatic N) is 3. The largest absolute Gasteiger partial charge is 0.388 e. The van der Waals surface area contributed by atoms with Gasteiger partial charge in [0.25, 0.3) is 5.56 Å². The second-order valence-corrected chi connectivity index (χ2v) is 11.8. The maximum Gasteiger partial charge on any atom is 0.362 e. The first-order valence-electron chi connectivity index (χ1n) is 12.3. The van der Waals surface area contributed by atoms with E-state index in [1.807, 2.05) is 0 Å². The van der Waals surface area contributed by atoms with Crippen molar-refractivity contribution >= 4 is 7.60 Å². The molecule has 6 unspecified atom stereocenters. The number of aliphatic hydroxyl groups is 2. The van der Waals surface area contributed by atoms with Crippen molar-refractivity contribution in [3.8, 4) is 0 Å². The lowest BCUT2D eigenvalue weighted by molar-refractivity contribution is -0.0572. The number of rotatable bonds is 11. The first-order chi connectivity index (χ1) is 17.4. The number of aryl methyl sites for hydroxylation is 1. The molecular formula is C22H34N5O9P. The first-order valence-corrected chi connectivity index (χ1v) is 13.9. The van der Waals surface area contributed by atoms with Gasteiger partial charge in [0.2, 0.25) is 0 Å². The van der Waals surface area contributed by atoms with Crippen LogP contribution in [0.25, 0.3) is 0 Å². The number of hydrogen-bond acceptors (Lipinski definition) is 10. The zero-order valence-corrected chi connectivity index (χ0v) is 22.1. The van der Waals surface area contributed by atoms with Gasteiger partial charge in [-0.25, -0.2) is 9.48 Å². The van der Waals surface area contributed by atoms with E-state index < -0.39 is 54.2 Å². The molecule has 0 radical (unpaired) electrons. The predicted molar refractivity (Wildman–Crippen MR) is 129 cm³/mol. The van der Waals surface area contributed by atoms with Gasteiger partial charge in [0.1, 0.15) is 18.3 Å². The molecular weight excluding hydrogens is 509 g/mol. The Morgan fingerprint density at radius 2 is 1.92 bits per heavy atom. The van der Waals surface area contributed by atoms with Crippen LogP contribution in [0.1, 0.15) is 69.5 Å². The van der Waals surface area contributed by atoms with Crippen LogP contribution in [0.2, 0.25) is 0 Å². The lowest BCUT2D eigenvalue weighted by atomic mass is 9.88. The van der Waals surface area contributed by atoms with Gasteiger partial charge in [-0.1, -0.05) is 26.0 Å². The third kappa shape index (κ3) is 5.24. The summed E-state index contributed by atoms with van der Waals surface area (Å²) in [7, 11) is -4.19. The summed E-state index contributed by atoms with van der Waals surface area (Å²) in [6, 6.07) is 0. The number of epoxide rings is 1. The fourth-order valence-corrected chi connectivity index (χ4v) is 6.64. The molecule has 4 heterocycles. The van der Waals surface area contributed by atoms with Crippen molar-refractivity contribution in [3.63, 3.8) is 0 Å². The SMILES string of the molecule is CCC(CC)(CC1OC(c2c(Cn3cc(C)nn3)[nH]c(=O)[nH]c2=O)C(O)C1O)OP(=O)(O)C1(CC)CO1. The molecule has 37 heavy (non-hydrogen) atoms. The van der Waals surface area contributed by atoms with Gasteiger partial charge in [0, 0.05) is 12.6 Å². The molecule has 0 aromatic carbocycles. The second kappa shape index (κ2) is 10.2. The third-order valence-electron chi connectivity index (χ3n) is 7.41. The van der Waals surface area contributed by atoms with Crippen LogP contribution in [0, 0.1) is 6.92 Å². The quantitative estimate of drug-likeness (QED) is 0.194. The molecule has 5 N–H and O–H groups in total. The van der Waals surface area contributed by atoms with E-state index in [1.165, 1.54) is 4.68 Å². The number of H-pyrrole nitrogens is 2. The number of ether oxygens (including phenoxy) is 2. The number of aromatic amines is 2. The molecule has 2 aromatic heterocycles. The molecule has 6 atom stereocenters. The van der Waals surface area contributed by atoms with Gasteiger partial charge in [-0.2, -0.15) is 0 Å². The van der Waals surface area contributed by atoms with Crippen molar-refractivity contribution in [2.24, 2.45) is 0 Å². The first kappa shape index (κ1) is 27.8. The van der Waals surface area contributed by atoms with Gasteiger partial charge in [0.15, 0.2) is 5.34 Å². The molecule has 2 saturated heterocycles. The highest BCUT2D eigenvalue weighted by atomic mass is 31.2. The van der Waals surface area contributed by atoms with E-state index in [0.717, 1.165) is 0 Å². The molecule has 14 nitrogen and oxygen atoms in total. The van der Waals surface area contributed by atoms with Gasteiger partial charge in [-0.3, -0.25) is 18.9 Å². The lowest BCUT2D eigenvalue weighted by Gasteiger charge is -2.37. The van der Waals surface area contributed by atoms with E-state index >= 15 is 0 Å². The Balaban J connectivity index is 1.62. The molecule has 2 aliphatic rings. The summed E-state index contributed by atoms with van der Waals surface area (Å²) in [4.78, 5) is 40.3. The minimum Gasteiger partial charge on any atom is -0.388 e. The summed E-state index contributed by atoms with van der Waals surface area (Å²) in [5.41, 5.74) is -2.00.